The molecule has 25 atom stereocenters. The summed E-state index contributed by atoms with van der Waals surface area (Å²) in [4.78, 5) is 12.8. The van der Waals surface area contributed by atoms with E-state index in [2.05, 4.69) is 9.50 Å². The van der Waals surface area contributed by atoms with Crippen molar-refractivity contribution in [3.8, 4) is 0 Å². The van der Waals surface area contributed by atoms with Crippen molar-refractivity contribution >= 4 is 16.3 Å². The van der Waals surface area contributed by atoms with Crippen LogP contribution in [0.1, 0.15) is 13.8 Å². The zero-order valence-electron chi connectivity index (χ0n) is 32.7. The van der Waals surface area contributed by atoms with Crippen molar-refractivity contribution in [1.29, 1.82) is 0 Å². The lowest BCUT2D eigenvalue weighted by atomic mass is 9.93. The minimum atomic E-state index is -5.44. The van der Waals surface area contributed by atoms with Crippen molar-refractivity contribution in [2.75, 3.05) is 26.4 Å². The molecule has 5 rings (SSSR count). The van der Waals surface area contributed by atoms with Gasteiger partial charge in [0.15, 0.2) is 31.5 Å². The summed E-state index contributed by atoms with van der Waals surface area (Å²) < 4.78 is 88.4. The molecule has 29 nitrogen and oxygen atoms in total. The first-order chi connectivity index (χ1) is 29.1. The normalized spacial score (nSPS) is 49.3. The fourth-order valence-electron chi connectivity index (χ4n) is 7.61. The largest absolute Gasteiger partial charge is 0.397 e. The molecule has 0 aliphatic carbocycles. The van der Waals surface area contributed by atoms with Gasteiger partial charge in [0.05, 0.1) is 32.5 Å². The zero-order chi connectivity index (χ0) is 46.1. The number of ether oxygens (including phenoxy) is 9. The van der Waals surface area contributed by atoms with Gasteiger partial charge in [0.25, 0.3) is 0 Å². The molecule has 62 heavy (non-hydrogen) atoms. The van der Waals surface area contributed by atoms with E-state index in [9.17, 15) is 89.3 Å². The molecule has 16 N–H and O–H groups in total. The molecule has 5 fully saturated rings. The van der Waals surface area contributed by atoms with Gasteiger partial charge < -0.3 is 119 Å². The molecule has 0 aromatic carbocycles. The number of amides is 1. The van der Waals surface area contributed by atoms with Crippen molar-refractivity contribution in [2.45, 2.75) is 167 Å². The van der Waals surface area contributed by atoms with Gasteiger partial charge in [0.2, 0.25) is 5.91 Å². The highest BCUT2D eigenvalue weighted by Crippen LogP contribution is 2.37. The molecule has 5 aliphatic rings. The lowest BCUT2D eigenvalue weighted by molar-refractivity contribution is -0.390. The molecule has 0 bridgehead atoms. The Morgan fingerprint density at radius 1 is 0.500 bits per heavy atom. The van der Waals surface area contributed by atoms with Gasteiger partial charge in [-0.2, -0.15) is 8.42 Å². The summed E-state index contributed by atoms with van der Waals surface area (Å²) in [6, 6.07) is -1.89. The Hall–Kier alpha value is -1.58. The Morgan fingerprint density at radius 2 is 0.952 bits per heavy atom. The molecular formula is C32H55NO28S. The van der Waals surface area contributed by atoms with E-state index in [0.717, 1.165) is 6.92 Å². The first kappa shape index (κ1) is 51.4. The summed E-state index contributed by atoms with van der Waals surface area (Å²) in [6.07, 6.45) is -46.6. The van der Waals surface area contributed by atoms with Crippen molar-refractivity contribution in [3.63, 3.8) is 0 Å². The maximum Gasteiger partial charge on any atom is 0.397 e. The molecule has 5 heterocycles. The Morgan fingerprint density at radius 3 is 1.48 bits per heavy atom. The fraction of sp³-hybridized carbons (Fsp3) is 0.969. The van der Waals surface area contributed by atoms with Crippen LogP contribution in [0.15, 0.2) is 0 Å². The highest BCUT2D eigenvalue weighted by molar-refractivity contribution is 7.80. The lowest BCUT2D eigenvalue weighted by Crippen LogP contribution is -2.71. The molecule has 30 heteroatoms. The molecular weight excluding hydrogens is 878 g/mol. The van der Waals surface area contributed by atoms with Gasteiger partial charge in [-0.3, -0.25) is 9.35 Å². The number of hydrogen-bond acceptors (Lipinski definition) is 27. The van der Waals surface area contributed by atoms with E-state index in [-0.39, 0.29) is 0 Å². The van der Waals surface area contributed by atoms with E-state index in [0.29, 0.717) is 0 Å². The van der Waals surface area contributed by atoms with Gasteiger partial charge in [-0.05, 0) is 6.92 Å². The van der Waals surface area contributed by atoms with Crippen molar-refractivity contribution in [3.05, 3.63) is 0 Å². The molecule has 0 aromatic heterocycles. The van der Waals surface area contributed by atoms with E-state index in [1.807, 2.05) is 0 Å². The standard InChI is InChI=1S/C32H55NO28S/c1-7-14(39)17(42)20(45)30(52-7)58-24-12(6-37)56-29(13(33-8(2)38)25(24)59-32-22(47)27(61-62(49,50)51)16(41)10(4-35)55-32)60-26-15(40)9(3-34)54-31(21(26)46)57-23-11(5-36)53-28(48)19(44)18(23)43/h7,9-32,34-37,39-48H,3-6H2,1-2H3,(H,33,38)(H,49,50,51)/t7-,9+,10+,11+,12+,13+,14+,15-,16-,17+,18+,19+,20-,21+,22+,23+,24+,25+,26-,27-,28+,29-,30-,31-,32-/m0/s1. The third kappa shape index (κ3) is 11.2. The predicted molar refractivity (Wildman–Crippen MR) is 187 cm³/mol. The van der Waals surface area contributed by atoms with Crippen LogP contribution >= 0.6 is 0 Å². The van der Waals surface area contributed by atoms with Crippen LogP contribution in [0.5, 0.6) is 0 Å². The lowest BCUT2D eigenvalue weighted by Gasteiger charge is -2.51. The maximum absolute atomic E-state index is 12.8. The number of hydrogen-bond donors (Lipinski definition) is 16. The Kier molecular flexibility index (Phi) is 17.7. The second-order valence-corrected chi connectivity index (χ2v) is 16.2. The van der Waals surface area contributed by atoms with E-state index in [4.69, 9.17) is 42.6 Å². The summed E-state index contributed by atoms with van der Waals surface area (Å²) in [5, 5.41) is 150. The highest BCUT2D eigenvalue weighted by atomic mass is 32.3. The maximum atomic E-state index is 12.8. The van der Waals surface area contributed by atoms with Gasteiger partial charge in [0, 0.05) is 6.92 Å². The second kappa shape index (κ2) is 21.4. The van der Waals surface area contributed by atoms with Crippen LogP contribution in [0.25, 0.3) is 0 Å². The van der Waals surface area contributed by atoms with Crippen LogP contribution < -0.4 is 5.32 Å². The Bertz CT molecular complexity index is 1550. The summed E-state index contributed by atoms with van der Waals surface area (Å²) >= 11 is 0. The molecule has 5 aliphatic heterocycles. The van der Waals surface area contributed by atoms with Crippen LogP contribution in [-0.2, 0) is 62.0 Å². The van der Waals surface area contributed by atoms with E-state index in [1.165, 1.54) is 6.92 Å². The Balaban J connectivity index is 1.53. The van der Waals surface area contributed by atoms with Gasteiger partial charge in [-0.25, -0.2) is 4.18 Å². The zero-order valence-corrected chi connectivity index (χ0v) is 33.5. The third-order valence-electron chi connectivity index (χ3n) is 10.9. The monoisotopic (exact) mass is 933 g/mol. The summed E-state index contributed by atoms with van der Waals surface area (Å²) in [7, 11) is -5.44. The number of nitrogens with one attached hydrogen (secondary N) is 1. The molecule has 0 radical (unpaired) electrons. The summed E-state index contributed by atoms with van der Waals surface area (Å²) in [5.74, 6) is -0.922. The molecule has 5 saturated heterocycles. The first-order valence-electron chi connectivity index (χ1n) is 19.1. The van der Waals surface area contributed by atoms with E-state index >= 15 is 0 Å². The molecule has 0 spiro atoms. The first-order valence-corrected chi connectivity index (χ1v) is 20.5. The van der Waals surface area contributed by atoms with Crippen LogP contribution in [0.4, 0.5) is 0 Å². The second-order valence-electron chi connectivity index (χ2n) is 15.2. The minimum absolute atomic E-state index is 0.913. The minimum Gasteiger partial charge on any atom is -0.394 e. The van der Waals surface area contributed by atoms with E-state index in [1.54, 1.807) is 0 Å². The van der Waals surface area contributed by atoms with Crippen LogP contribution in [0, 0.1) is 0 Å². The molecule has 0 saturated carbocycles. The van der Waals surface area contributed by atoms with Crippen molar-refractivity contribution < 1.29 is 136 Å². The molecule has 1 amide bonds. The van der Waals surface area contributed by atoms with Gasteiger partial charge in [-0.15, -0.1) is 0 Å². The molecule has 0 unspecified atom stereocenters. The SMILES string of the molecule is CC(=O)N[C@H]1[C@H](O[C@H]2[C@@H](O)[C@@H](CO)O[C@@H](O[C@H]3[C@H](O)[C@@H](O)[C@H](O)O[C@@H]3CO)[C@@H]2O)O[C@H](CO)[C@@H](O[C@@H]2O[C@@H](C)[C@@H](O)[C@@H](O)[C@@H]2O)[C@@H]1O[C@@H]1O[C@H](CO)[C@H](O)[C@H](OS(=O)(=O)O)[C@H]1O. The quantitative estimate of drug-likeness (QED) is 0.0678. The van der Waals surface area contributed by atoms with Crippen molar-refractivity contribution in [1.82, 2.24) is 5.32 Å². The van der Waals surface area contributed by atoms with Crippen molar-refractivity contribution in [2.24, 2.45) is 0 Å². The number of rotatable bonds is 15. The number of carbonyl (C=O) groups excluding carboxylic acids is 1. The van der Waals surface area contributed by atoms with Crippen LogP contribution in [-0.4, -0.2) is 270 Å². The van der Waals surface area contributed by atoms with Crippen LogP contribution in [0.3, 0.4) is 0 Å². The molecule has 362 valence electrons. The third-order valence-corrected chi connectivity index (χ3v) is 11.4. The van der Waals surface area contributed by atoms with Gasteiger partial charge >= 0.3 is 10.4 Å². The number of carbonyl (C=O) groups is 1. The van der Waals surface area contributed by atoms with Crippen LogP contribution in [0.2, 0.25) is 0 Å². The average Bonchev–Trinajstić information content (AvgIpc) is 3.21. The van der Waals surface area contributed by atoms with Gasteiger partial charge in [-0.1, -0.05) is 0 Å². The number of aliphatic hydroxyl groups is 14. The molecule has 0 aromatic rings. The summed E-state index contributed by atoms with van der Waals surface area (Å²) in [5.41, 5.74) is 0. The number of aliphatic hydroxyl groups excluding tert-OH is 14. The topological polar surface area (TPSA) is 459 Å². The smallest absolute Gasteiger partial charge is 0.394 e. The predicted octanol–water partition coefficient (Wildman–Crippen LogP) is -10.9. The van der Waals surface area contributed by atoms with Gasteiger partial charge in [0.1, 0.15) is 116 Å². The van der Waals surface area contributed by atoms with E-state index < -0.39 is 196 Å². The highest BCUT2D eigenvalue weighted by Gasteiger charge is 2.58. The fourth-order valence-corrected chi connectivity index (χ4v) is 8.12. The Labute approximate surface area is 351 Å². The average molecular weight is 934 g/mol. The summed E-state index contributed by atoms with van der Waals surface area (Å²) in [6.45, 7) is -1.86.